The summed E-state index contributed by atoms with van der Waals surface area (Å²) in [6, 6.07) is 6.25. The Morgan fingerprint density at radius 2 is 2.00 bits per heavy atom. The number of para-hydroxylation sites is 1. The molecule has 2 heteroatoms. The van der Waals surface area contributed by atoms with E-state index in [9.17, 15) is 0 Å². The highest BCUT2D eigenvalue weighted by Crippen LogP contribution is 2.32. The van der Waals surface area contributed by atoms with E-state index in [1.165, 1.54) is 5.56 Å². The minimum Gasteiger partial charge on any atom is -0.464 e. The van der Waals surface area contributed by atoms with Gasteiger partial charge in [-0.15, -0.1) is 0 Å². The van der Waals surface area contributed by atoms with Gasteiger partial charge in [0.2, 0.25) is 0 Å². The molecule has 1 aromatic carbocycles. The van der Waals surface area contributed by atoms with Gasteiger partial charge in [-0.3, -0.25) is 0 Å². The zero-order valence-electron chi connectivity index (χ0n) is 9.50. The fraction of sp³-hybridized carbons (Fsp3) is 0.385. The van der Waals surface area contributed by atoms with Crippen molar-refractivity contribution in [2.75, 3.05) is 0 Å². The Balaban J connectivity index is 2.73. The average molecular weight is 203 g/mol. The van der Waals surface area contributed by atoms with Gasteiger partial charge in [0.15, 0.2) is 0 Å². The molecule has 0 atom stereocenters. The van der Waals surface area contributed by atoms with E-state index in [1.807, 2.05) is 0 Å². The molecule has 15 heavy (non-hydrogen) atoms. The molecular weight excluding hydrogens is 186 g/mol. The molecule has 0 saturated carbocycles. The number of hydrogen-bond acceptors (Lipinski definition) is 2. The van der Waals surface area contributed by atoms with E-state index in [4.69, 9.17) is 10.2 Å². The van der Waals surface area contributed by atoms with Gasteiger partial charge in [0.25, 0.3) is 0 Å². The molecule has 1 aromatic heterocycles. The van der Waals surface area contributed by atoms with Crippen molar-refractivity contribution in [3.8, 4) is 0 Å². The third-order valence-corrected chi connectivity index (χ3v) is 2.71. The summed E-state index contributed by atoms with van der Waals surface area (Å²) in [5.41, 5.74) is 9.05. The maximum atomic E-state index is 5.66. The molecule has 0 bridgehead atoms. The molecule has 0 spiro atoms. The fourth-order valence-electron chi connectivity index (χ4n) is 1.86. The lowest BCUT2D eigenvalue weighted by atomic mass is 9.86. The molecule has 0 amide bonds. The molecule has 0 saturated heterocycles. The summed E-state index contributed by atoms with van der Waals surface area (Å²) in [5, 5.41) is 1.14. The van der Waals surface area contributed by atoms with Crippen LogP contribution in [0.1, 0.15) is 31.9 Å². The number of nitrogens with two attached hydrogens (primary N) is 1. The molecule has 1 heterocycles. The summed E-state index contributed by atoms with van der Waals surface area (Å²) < 4.78 is 5.62. The van der Waals surface area contributed by atoms with Gasteiger partial charge < -0.3 is 10.2 Å². The molecule has 0 aliphatic rings. The summed E-state index contributed by atoms with van der Waals surface area (Å²) in [7, 11) is 0. The van der Waals surface area contributed by atoms with Crippen LogP contribution in [-0.4, -0.2) is 0 Å². The van der Waals surface area contributed by atoms with Crippen LogP contribution in [0, 0.1) is 0 Å². The molecule has 80 valence electrons. The van der Waals surface area contributed by atoms with Gasteiger partial charge in [0, 0.05) is 23.1 Å². The van der Waals surface area contributed by atoms with Crippen molar-refractivity contribution in [3.63, 3.8) is 0 Å². The Bertz CT molecular complexity index is 477. The van der Waals surface area contributed by atoms with Crippen molar-refractivity contribution >= 4 is 11.0 Å². The molecule has 0 aliphatic carbocycles. The largest absolute Gasteiger partial charge is 0.464 e. The second-order valence-corrected chi connectivity index (χ2v) is 4.90. The zero-order chi connectivity index (χ0) is 11.1. The molecule has 0 fully saturated rings. The van der Waals surface area contributed by atoms with Gasteiger partial charge in [-0.1, -0.05) is 39.0 Å². The second-order valence-electron chi connectivity index (χ2n) is 4.90. The highest BCUT2D eigenvalue weighted by molar-refractivity contribution is 5.84. The van der Waals surface area contributed by atoms with Crippen molar-refractivity contribution in [1.29, 1.82) is 0 Å². The summed E-state index contributed by atoms with van der Waals surface area (Å²) in [6.45, 7) is 7.09. The Morgan fingerprint density at radius 3 is 2.60 bits per heavy atom. The van der Waals surface area contributed by atoms with E-state index in [2.05, 4.69) is 39.0 Å². The van der Waals surface area contributed by atoms with Crippen LogP contribution in [0.2, 0.25) is 0 Å². The second kappa shape index (κ2) is 3.38. The van der Waals surface area contributed by atoms with E-state index in [1.54, 1.807) is 6.26 Å². The SMILES string of the molecule is CC(C)(C)c1cccc2c(CN)coc12. The number of rotatable bonds is 1. The Kier molecular flexibility index (Phi) is 2.31. The fourth-order valence-corrected chi connectivity index (χ4v) is 1.86. The first kappa shape index (κ1) is 10.2. The minimum atomic E-state index is 0.100. The molecule has 2 rings (SSSR count). The standard InChI is InChI=1S/C13H17NO/c1-13(2,3)11-6-4-5-10-9(7-14)8-15-12(10)11/h4-6,8H,7,14H2,1-3H3. The van der Waals surface area contributed by atoms with Crippen LogP contribution < -0.4 is 5.73 Å². The smallest absolute Gasteiger partial charge is 0.137 e. The lowest BCUT2D eigenvalue weighted by Crippen LogP contribution is -2.11. The topological polar surface area (TPSA) is 39.2 Å². The van der Waals surface area contributed by atoms with Crippen LogP contribution >= 0.6 is 0 Å². The van der Waals surface area contributed by atoms with E-state index >= 15 is 0 Å². The molecule has 0 aliphatic heterocycles. The van der Waals surface area contributed by atoms with E-state index in [0.29, 0.717) is 6.54 Å². The van der Waals surface area contributed by atoms with Gasteiger partial charge in [0.1, 0.15) is 5.58 Å². The van der Waals surface area contributed by atoms with Crippen molar-refractivity contribution in [2.24, 2.45) is 5.73 Å². The summed E-state index contributed by atoms with van der Waals surface area (Å²) >= 11 is 0. The lowest BCUT2D eigenvalue weighted by molar-refractivity contribution is 0.557. The third kappa shape index (κ3) is 1.65. The Labute approximate surface area is 90.1 Å². The molecule has 2 aromatic rings. The number of benzene rings is 1. The summed E-state index contributed by atoms with van der Waals surface area (Å²) in [5.74, 6) is 0. The highest BCUT2D eigenvalue weighted by Gasteiger charge is 2.19. The third-order valence-electron chi connectivity index (χ3n) is 2.71. The quantitative estimate of drug-likeness (QED) is 0.773. The first-order valence-corrected chi connectivity index (χ1v) is 5.23. The first-order chi connectivity index (χ1) is 7.04. The van der Waals surface area contributed by atoms with Crippen molar-refractivity contribution < 1.29 is 4.42 Å². The van der Waals surface area contributed by atoms with E-state index in [-0.39, 0.29) is 5.41 Å². The number of fused-ring (bicyclic) bond motifs is 1. The van der Waals surface area contributed by atoms with Crippen molar-refractivity contribution in [1.82, 2.24) is 0 Å². The van der Waals surface area contributed by atoms with Crippen LogP contribution in [0.25, 0.3) is 11.0 Å². The highest BCUT2D eigenvalue weighted by atomic mass is 16.3. The minimum absolute atomic E-state index is 0.100. The summed E-state index contributed by atoms with van der Waals surface area (Å²) in [4.78, 5) is 0. The number of hydrogen-bond donors (Lipinski definition) is 1. The summed E-state index contributed by atoms with van der Waals surface area (Å²) in [6.07, 6.45) is 1.76. The van der Waals surface area contributed by atoms with E-state index < -0.39 is 0 Å². The predicted molar refractivity (Wildman–Crippen MR) is 62.8 cm³/mol. The van der Waals surface area contributed by atoms with Gasteiger partial charge in [-0.2, -0.15) is 0 Å². The predicted octanol–water partition coefficient (Wildman–Crippen LogP) is 3.19. The van der Waals surface area contributed by atoms with Gasteiger partial charge >= 0.3 is 0 Å². The van der Waals surface area contributed by atoms with Crippen LogP contribution in [0.5, 0.6) is 0 Å². The van der Waals surface area contributed by atoms with Crippen LogP contribution in [-0.2, 0) is 12.0 Å². The lowest BCUT2D eigenvalue weighted by Gasteiger charge is -2.18. The normalized spacial score (nSPS) is 12.3. The average Bonchev–Trinajstić information content (AvgIpc) is 2.58. The van der Waals surface area contributed by atoms with Crippen molar-refractivity contribution in [3.05, 3.63) is 35.6 Å². The molecule has 0 unspecified atom stereocenters. The zero-order valence-corrected chi connectivity index (χ0v) is 9.50. The van der Waals surface area contributed by atoms with Crippen molar-refractivity contribution in [2.45, 2.75) is 32.7 Å². The number of furan rings is 1. The van der Waals surface area contributed by atoms with Gasteiger partial charge in [-0.05, 0) is 5.41 Å². The maximum Gasteiger partial charge on any atom is 0.137 e. The van der Waals surface area contributed by atoms with Gasteiger partial charge in [-0.25, -0.2) is 0 Å². The van der Waals surface area contributed by atoms with Gasteiger partial charge in [0.05, 0.1) is 6.26 Å². The molecule has 2 nitrogen and oxygen atoms in total. The molecule has 2 N–H and O–H groups in total. The van der Waals surface area contributed by atoms with E-state index in [0.717, 1.165) is 16.5 Å². The molecular formula is C13H17NO. The van der Waals surface area contributed by atoms with Crippen LogP contribution in [0.3, 0.4) is 0 Å². The van der Waals surface area contributed by atoms with Crippen LogP contribution in [0.4, 0.5) is 0 Å². The Morgan fingerprint density at radius 1 is 1.27 bits per heavy atom. The molecule has 0 radical (unpaired) electrons. The maximum absolute atomic E-state index is 5.66. The first-order valence-electron chi connectivity index (χ1n) is 5.23. The Hall–Kier alpha value is -1.28. The van der Waals surface area contributed by atoms with Crippen LogP contribution in [0.15, 0.2) is 28.9 Å². The monoisotopic (exact) mass is 203 g/mol.